The number of phenols is 3. The molecule has 0 aromatic heterocycles. The molecule has 4 N–H and O–H groups in total. The number of aromatic hydroxyl groups is 3. The second-order valence-corrected chi connectivity index (χ2v) is 6.39. The number of methoxy groups -OCH3 is 2. The molecule has 0 bridgehead atoms. The van der Waals surface area contributed by atoms with E-state index in [1.807, 2.05) is 0 Å². The monoisotopic (exact) mass is 439 g/mol. The van der Waals surface area contributed by atoms with Gasteiger partial charge in [0, 0.05) is 18.2 Å². The van der Waals surface area contributed by atoms with Gasteiger partial charge in [-0.25, -0.2) is 9.18 Å². The minimum absolute atomic E-state index is 0.0753. The van der Waals surface area contributed by atoms with Crippen molar-refractivity contribution in [2.75, 3.05) is 19.5 Å². The van der Waals surface area contributed by atoms with Crippen LogP contribution >= 0.6 is 11.6 Å². The summed E-state index contributed by atoms with van der Waals surface area (Å²) in [7, 11) is 2.40. The zero-order valence-corrected chi connectivity index (χ0v) is 16.8. The summed E-state index contributed by atoms with van der Waals surface area (Å²) < 4.78 is 23.3. The summed E-state index contributed by atoms with van der Waals surface area (Å²) >= 11 is 6.03. The first kappa shape index (κ1) is 22.8. The summed E-state index contributed by atoms with van der Waals surface area (Å²) in [5, 5.41) is 31.5. The molecule has 0 aliphatic carbocycles. The lowest BCUT2D eigenvalue weighted by atomic mass is 10.0. The number of ether oxygens (including phenoxy) is 2. The molecule has 0 aliphatic heterocycles. The Labute approximate surface area is 176 Å². The summed E-state index contributed by atoms with van der Waals surface area (Å²) in [6.07, 6.45) is 2.83. The van der Waals surface area contributed by atoms with E-state index in [0.29, 0.717) is 0 Å². The second kappa shape index (κ2) is 9.84. The predicted molar refractivity (Wildman–Crippen MR) is 107 cm³/mol. The number of amides is 1. The number of nitrogens with one attached hydrogen (secondary N) is 1. The maximum absolute atomic E-state index is 13.9. The Morgan fingerprint density at radius 1 is 1.13 bits per heavy atom. The van der Waals surface area contributed by atoms with Crippen molar-refractivity contribution < 1.29 is 38.8 Å². The summed E-state index contributed by atoms with van der Waals surface area (Å²) in [5.41, 5.74) is -0.275. The molecule has 2 rings (SSSR count). The van der Waals surface area contributed by atoms with E-state index in [0.717, 1.165) is 31.4 Å². The number of anilines is 1. The first-order chi connectivity index (χ1) is 14.2. The van der Waals surface area contributed by atoms with Crippen LogP contribution in [0.5, 0.6) is 23.0 Å². The molecular formula is C20H19ClFNO7. The van der Waals surface area contributed by atoms with Crippen LogP contribution in [0.2, 0.25) is 5.02 Å². The number of carbonyl (C=O) groups is 2. The highest BCUT2D eigenvalue weighted by molar-refractivity contribution is 6.33. The molecule has 0 heterocycles. The molecular weight excluding hydrogens is 421 g/mol. The Morgan fingerprint density at radius 2 is 1.83 bits per heavy atom. The van der Waals surface area contributed by atoms with E-state index in [2.05, 4.69) is 10.1 Å². The average Bonchev–Trinajstić information content (AvgIpc) is 2.70. The zero-order chi connectivity index (χ0) is 22.4. The predicted octanol–water partition coefficient (Wildman–Crippen LogP) is 3.52. The smallest absolute Gasteiger partial charge is 0.341 e. The van der Waals surface area contributed by atoms with E-state index >= 15 is 0 Å². The van der Waals surface area contributed by atoms with Crippen molar-refractivity contribution in [3.63, 3.8) is 0 Å². The Morgan fingerprint density at radius 3 is 2.47 bits per heavy atom. The van der Waals surface area contributed by atoms with Crippen molar-refractivity contribution in [2.45, 2.75) is 12.8 Å². The number of halogens is 2. The lowest BCUT2D eigenvalue weighted by molar-refractivity contribution is -0.111. The number of allylic oxidation sites excluding steroid dienone is 1. The van der Waals surface area contributed by atoms with Crippen LogP contribution in [0, 0.1) is 5.82 Å². The molecule has 8 nitrogen and oxygen atoms in total. The van der Waals surface area contributed by atoms with Gasteiger partial charge in [0.25, 0.3) is 0 Å². The summed E-state index contributed by atoms with van der Waals surface area (Å²) in [4.78, 5) is 23.9. The molecule has 1 amide bonds. The molecule has 2 aromatic rings. The number of rotatable bonds is 7. The van der Waals surface area contributed by atoms with Crippen molar-refractivity contribution >= 4 is 29.2 Å². The molecule has 10 heteroatoms. The third-order valence-electron chi connectivity index (χ3n) is 4.07. The van der Waals surface area contributed by atoms with Gasteiger partial charge in [0.15, 0.2) is 17.3 Å². The van der Waals surface area contributed by atoms with E-state index in [1.54, 1.807) is 0 Å². The van der Waals surface area contributed by atoms with Crippen LogP contribution in [-0.2, 0) is 16.0 Å². The van der Waals surface area contributed by atoms with Crippen molar-refractivity contribution in [2.24, 2.45) is 0 Å². The molecule has 0 saturated carbocycles. The fourth-order valence-electron chi connectivity index (χ4n) is 2.64. The van der Waals surface area contributed by atoms with Gasteiger partial charge < -0.3 is 30.1 Å². The third-order valence-corrected chi connectivity index (χ3v) is 4.49. The van der Waals surface area contributed by atoms with Crippen LogP contribution in [0.1, 0.15) is 22.3 Å². The molecule has 0 unspecified atom stereocenters. The van der Waals surface area contributed by atoms with Gasteiger partial charge >= 0.3 is 5.97 Å². The Bertz CT molecular complexity index is 1010. The molecule has 0 fully saturated rings. The number of carbonyl (C=O) groups excluding carboxylic acids is 2. The number of benzene rings is 2. The van der Waals surface area contributed by atoms with Crippen LogP contribution in [0.3, 0.4) is 0 Å². The molecule has 160 valence electrons. The van der Waals surface area contributed by atoms with Crippen LogP contribution in [0.4, 0.5) is 10.1 Å². The average molecular weight is 440 g/mol. The number of esters is 1. The SMILES string of the molecule is COC(=O)c1c(O)cc(O)c(Cl)c1CC/C=C/C(=O)Nc1cc(O)c(OC)cc1F. The molecule has 0 radical (unpaired) electrons. The maximum atomic E-state index is 13.9. The van der Waals surface area contributed by atoms with Crippen molar-refractivity contribution in [1.29, 1.82) is 0 Å². The van der Waals surface area contributed by atoms with Crippen LogP contribution in [0.25, 0.3) is 0 Å². The van der Waals surface area contributed by atoms with Crippen molar-refractivity contribution in [3.8, 4) is 23.0 Å². The highest BCUT2D eigenvalue weighted by Crippen LogP contribution is 2.37. The largest absolute Gasteiger partial charge is 0.507 e. The second-order valence-electron chi connectivity index (χ2n) is 6.01. The Kier molecular flexibility index (Phi) is 7.48. The minimum atomic E-state index is -0.832. The lowest BCUT2D eigenvalue weighted by Crippen LogP contribution is -2.10. The van der Waals surface area contributed by atoms with E-state index < -0.39 is 29.2 Å². The maximum Gasteiger partial charge on any atom is 0.341 e. The number of phenolic OH excluding ortho intramolecular Hbond substituents is 3. The molecule has 0 spiro atoms. The summed E-state index contributed by atoms with van der Waals surface area (Å²) in [6, 6.07) is 2.87. The Hall–Kier alpha value is -3.46. The zero-order valence-electron chi connectivity index (χ0n) is 16.0. The van der Waals surface area contributed by atoms with Crippen LogP contribution in [0.15, 0.2) is 30.4 Å². The summed E-state index contributed by atoms with van der Waals surface area (Å²) in [6.45, 7) is 0. The summed E-state index contributed by atoms with van der Waals surface area (Å²) in [5.74, 6) is -3.61. The quantitative estimate of drug-likeness (QED) is 0.384. The molecule has 30 heavy (non-hydrogen) atoms. The van der Waals surface area contributed by atoms with Gasteiger partial charge in [0.2, 0.25) is 5.91 Å². The van der Waals surface area contributed by atoms with Gasteiger partial charge in [-0.3, -0.25) is 4.79 Å². The lowest BCUT2D eigenvalue weighted by Gasteiger charge is -2.12. The van der Waals surface area contributed by atoms with Crippen molar-refractivity contribution in [3.05, 3.63) is 52.3 Å². The van der Waals surface area contributed by atoms with Crippen molar-refractivity contribution in [1.82, 2.24) is 0 Å². The first-order valence-corrected chi connectivity index (χ1v) is 8.93. The highest BCUT2D eigenvalue weighted by atomic mass is 35.5. The third kappa shape index (κ3) is 5.12. The Balaban J connectivity index is 2.10. The molecule has 0 saturated heterocycles. The van der Waals surface area contributed by atoms with E-state index in [9.17, 15) is 29.3 Å². The van der Waals surface area contributed by atoms with Gasteiger partial charge in [-0.15, -0.1) is 0 Å². The molecule has 2 aromatic carbocycles. The van der Waals surface area contributed by atoms with Crippen LogP contribution < -0.4 is 10.1 Å². The van der Waals surface area contributed by atoms with E-state index in [1.165, 1.54) is 13.2 Å². The topological polar surface area (TPSA) is 125 Å². The molecule has 0 atom stereocenters. The molecule has 0 aliphatic rings. The highest BCUT2D eigenvalue weighted by Gasteiger charge is 2.22. The number of hydrogen-bond acceptors (Lipinski definition) is 7. The van der Waals surface area contributed by atoms with Gasteiger partial charge in [0.1, 0.15) is 17.1 Å². The van der Waals surface area contributed by atoms with Gasteiger partial charge in [-0.2, -0.15) is 0 Å². The fourth-order valence-corrected chi connectivity index (χ4v) is 2.89. The van der Waals surface area contributed by atoms with Gasteiger partial charge in [0.05, 0.1) is 24.9 Å². The van der Waals surface area contributed by atoms with E-state index in [4.69, 9.17) is 16.3 Å². The number of hydrogen-bond donors (Lipinski definition) is 4. The minimum Gasteiger partial charge on any atom is -0.507 e. The normalized spacial score (nSPS) is 10.8. The van der Waals surface area contributed by atoms with E-state index in [-0.39, 0.29) is 46.2 Å². The van der Waals surface area contributed by atoms with Crippen LogP contribution in [-0.4, -0.2) is 41.4 Å². The standard InChI is InChI=1S/C20H19ClFNO7/c1-29-16-7-11(22)12(8-13(16)24)23-17(27)6-4-3-5-10-18(20(28)30-2)14(25)9-15(26)19(10)21/h4,6-9,24-26H,3,5H2,1-2H3,(H,23,27)/b6-4+. The van der Waals surface area contributed by atoms with Gasteiger partial charge in [-0.05, 0) is 24.5 Å². The fraction of sp³-hybridized carbons (Fsp3) is 0.200. The van der Waals surface area contributed by atoms with Gasteiger partial charge in [-0.1, -0.05) is 17.7 Å². The first-order valence-electron chi connectivity index (χ1n) is 8.55.